The Bertz CT molecular complexity index is 596. The highest BCUT2D eigenvalue weighted by Gasteiger charge is 2.05. The van der Waals surface area contributed by atoms with Crippen molar-refractivity contribution in [1.82, 2.24) is 10.2 Å². The predicted octanol–water partition coefficient (Wildman–Crippen LogP) is 1.79. The van der Waals surface area contributed by atoms with Crippen molar-refractivity contribution >= 4 is 22.9 Å². The molecule has 1 heterocycles. The third-order valence-corrected chi connectivity index (χ3v) is 3.06. The van der Waals surface area contributed by atoms with Crippen LogP contribution in [0.4, 0.5) is 22.9 Å². The van der Waals surface area contributed by atoms with Gasteiger partial charge in [0.25, 0.3) is 0 Å². The monoisotopic (exact) mass is 272 g/mol. The quantitative estimate of drug-likeness (QED) is 0.619. The summed E-state index contributed by atoms with van der Waals surface area (Å²) in [5.74, 6) is 0.641. The summed E-state index contributed by atoms with van der Waals surface area (Å²) < 4.78 is 0. The molecule has 0 amide bonds. The number of rotatable bonds is 5. The van der Waals surface area contributed by atoms with E-state index in [0.29, 0.717) is 24.6 Å². The van der Waals surface area contributed by atoms with Gasteiger partial charge in [-0.3, -0.25) is 0 Å². The van der Waals surface area contributed by atoms with Crippen molar-refractivity contribution in [2.24, 2.45) is 5.73 Å². The molecule has 0 spiro atoms. The van der Waals surface area contributed by atoms with Gasteiger partial charge in [-0.2, -0.15) is 5.10 Å². The number of hydrogen-bond donors (Lipinski definition) is 4. The minimum absolute atomic E-state index is 0.565. The second kappa shape index (κ2) is 6.21. The lowest BCUT2D eigenvalue weighted by Crippen LogP contribution is -2.13. The minimum Gasteiger partial charge on any atom is -0.397 e. The van der Waals surface area contributed by atoms with E-state index in [1.807, 2.05) is 32.0 Å². The smallest absolute Gasteiger partial charge is 0.155 e. The van der Waals surface area contributed by atoms with E-state index in [9.17, 15) is 0 Å². The van der Waals surface area contributed by atoms with Crippen LogP contribution in [0.3, 0.4) is 0 Å². The normalized spacial score (nSPS) is 10.3. The fraction of sp³-hybridized carbons (Fsp3) is 0.286. The van der Waals surface area contributed by atoms with Crippen molar-refractivity contribution in [2.45, 2.75) is 13.8 Å². The maximum Gasteiger partial charge on any atom is 0.155 e. The molecule has 0 fully saturated rings. The van der Waals surface area contributed by atoms with Gasteiger partial charge >= 0.3 is 0 Å². The number of aryl methyl sites for hydroxylation is 2. The van der Waals surface area contributed by atoms with Gasteiger partial charge in [0.1, 0.15) is 0 Å². The molecule has 0 aliphatic carbocycles. The number of nitrogens with zero attached hydrogens (tertiary/aromatic N) is 2. The van der Waals surface area contributed by atoms with Crippen LogP contribution in [0, 0.1) is 13.8 Å². The highest BCUT2D eigenvalue weighted by Crippen LogP contribution is 2.26. The fourth-order valence-electron chi connectivity index (χ4n) is 1.83. The van der Waals surface area contributed by atoms with E-state index in [4.69, 9.17) is 11.5 Å². The van der Waals surface area contributed by atoms with Gasteiger partial charge in [0.05, 0.1) is 23.3 Å². The number of anilines is 4. The number of nitrogens with one attached hydrogen (secondary N) is 2. The molecule has 1 aromatic heterocycles. The minimum atomic E-state index is 0.565. The van der Waals surface area contributed by atoms with Crippen molar-refractivity contribution in [2.75, 3.05) is 29.5 Å². The molecule has 0 saturated carbocycles. The summed E-state index contributed by atoms with van der Waals surface area (Å²) in [5, 5.41) is 14.3. The molecule has 6 N–H and O–H groups in total. The Labute approximate surface area is 118 Å². The van der Waals surface area contributed by atoms with Crippen LogP contribution < -0.4 is 22.1 Å². The van der Waals surface area contributed by atoms with E-state index < -0.39 is 0 Å². The molecule has 0 atom stereocenters. The molecule has 2 rings (SSSR count). The van der Waals surface area contributed by atoms with Crippen molar-refractivity contribution in [1.29, 1.82) is 0 Å². The van der Waals surface area contributed by atoms with Crippen LogP contribution in [-0.2, 0) is 0 Å². The molecule has 6 nitrogen and oxygen atoms in total. The molecule has 2 aromatic rings. The van der Waals surface area contributed by atoms with Crippen LogP contribution in [0.1, 0.15) is 11.1 Å². The Balaban J connectivity index is 2.19. The molecule has 1 aromatic carbocycles. The Morgan fingerprint density at radius 1 is 1.15 bits per heavy atom. The zero-order valence-corrected chi connectivity index (χ0v) is 11.8. The first kappa shape index (κ1) is 14.1. The average Bonchev–Trinajstić information content (AvgIpc) is 2.43. The Kier molecular flexibility index (Phi) is 4.37. The SMILES string of the molecule is Cc1cc(N)c(Nc2cc(NCCN)cnn2)cc1C. The van der Waals surface area contributed by atoms with E-state index in [1.54, 1.807) is 6.20 Å². The number of nitrogen functional groups attached to an aromatic ring is 1. The number of hydrogen-bond acceptors (Lipinski definition) is 6. The molecule has 0 bridgehead atoms. The van der Waals surface area contributed by atoms with Gasteiger partial charge in [-0.15, -0.1) is 5.10 Å². The van der Waals surface area contributed by atoms with Gasteiger partial charge in [-0.05, 0) is 37.1 Å². The second-order valence-corrected chi connectivity index (χ2v) is 4.69. The van der Waals surface area contributed by atoms with Gasteiger partial charge in [0.2, 0.25) is 0 Å². The van der Waals surface area contributed by atoms with E-state index in [0.717, 1.165) is 16.9 Å². The summed E-state index contributed by atoms with van der Waals surface area (Å²) in [6.45, 7) is 5.34. The van der Waals surface area contributed by atoms with Gasteiger partial charge < -0.3 is 22.1 Å². The van der Waals surface area contributed by atoms with Gasteiger partial charge in [0.15, 0.2) is 5.82 Å². The third kappa shape index (κ3) is 3.36. The standard InChI is InChI=1S/C14H20N6/c1-9-5-12(16)13(6-10(9)2)19-14-7-11(8-18-20-14)17-4-3-15/h5-8H,3-4,15-16H2,1-2H3,(H2,17,19,20). The van der Waals surface area contributed by atoms with E-state index in [1.165, 1.54) is 5.56 Å². The zero-order chi connectivity index (χ0) is 14.5. The lowest BCUT2D eigenvalue weighted by Gasteiger charge is -2.12. The molecule has 0 aliphatic heterocycles. The van der Waals surface area contributed by atoms with Crippen molar-refractivity contribution in [3.8, 4) is 0 Å². The van der Waals surface area contributed by atoms with E-state index in [-0.39, 0.29) is 0 Å². The maximum atomic E-state index is 6.01. The first-order valence-electron chi connectivity index (χ1n) is 6.50. The Morgan fingerprint density at radius 3 is 2.65 bits per heavy atom. The van der Waals surface area contributed by atoms with Gasteiger partial charge in [-0.25, -0.2) is 0 Å². The number of aromatic nitrogens is 2. The summed E-state index contributed by atoms with van der Waals surface area (Å²) in [4.78, 5) is 0. The van der Waals surface area contributed by atoms with Crippen LogP contribution in [-0.4, -0.2) is 23.3 Å². The van der Waals surface area contributed by atoms with E-state index in [2.05, 4.69) is 20.8 Å². The van der Waals surface area contributed by atoms with Crippen molar-refractivity contribution in [3.63, 3.8) is 0 Å². The van der Waals surface area contributed by atoms with Gasteiger partial charge in [-0.1, -0.05) is 0 Å². The summed E-state index contributed by atoms with van der Waals surface area (Å²) >= 11 is 0. The Hall–Kier alpha value is -2.34. The predicted molar refractivity (Wildman–Crippen MR) is 83.2 cm³/mol. The fourth-order valence-corrected chi connectivity index (χ4v) is 1.83. The first-order chi connectivity index (χ1) is 9.60. The molecular weight excluding hydrogens is 252 g/mol. The van der Waals surface area contributed by atoms with Crippen LogP contribution in [0.25, 0.3) is 0 Å². The van der Waals surface area contributed by atoms with E-state index >= 15 is 0 Å². The average molecular weight is 272 g/mol. The zero-order valence-electron chi connectivity index (χ0n) is 11.8. The topological polar surface area (TPSA) is 102 Å². The summed E-state index contributed by atoms with van der Waals surface area (Å²) in [6.07, 6.45) is 1.66. The van der Waals surface area contributed by atoms with Crippen molar-refractivity contribution < 1.29 is 0 Å². The molecular formula is C14H20N6. The molecule has 0 saturated heterocycles. The van der Waals surface area contributed by atoms with Crippen LogP contribution in [0.2, 0.25) is 0 Å². The molecule has 0 radical (unpaired) electrons. The molecule has 106 valence electrons. The summed E-state index contributed by atoms with van der Waals surface area (Å²) in [6, 6.07) is 5.82. The lowest BCUT2D eigenvalue weighted by atomic mass is 10.1. The largest absolute Gasteiger partial charge is 0.397 e. The number of benzene rings is 1. The first-order valence-corrected chi connectivity index (χ1v) is 6.50. The summed E-state index contributed by atoms with van der Waals surface area (Å²) in [5.41, 5.74) is 16.2. The third-order valence-electron chi connectivity index (χ3n) is 3.06. The summed E-state index contributed by atoms with van der Waals surface area (Å²) in [7, 11) is 0. The molecule has 6 heteroatoms. The molecule has 0 aliphatic rings. The second-order valence-electron chi connectivity index (χ2n) is 4.69. The van der Waals surface area contributed by atoms with Gasteiger partial charge in [0, 0.05) is 19.2 Å². The van der Waals surface area contributed by atoms with Crippen LogP contribution >= 0.6 is 0 Å². The molecule has 20 heavy (non-hydrogen) atoms. The molecule has 0 unspecified atom stereocenters. The highest BCUT2D eigenvalue weighted by atomic mass is 15.2. The Morgan fingerprint density at radius 2 is 1.90 bits per heavy atom. The van der Waals surface area contributed by atoms with Crippen LogP contribution in [0.5, 0.6) is 0 Å². The maximum absolute atomic E-state index is 6.01. The van der Waals surface area contributed by atoms with Crippen molar-refractivity contribution in [3.05, 3.63) is 35.5 Å². The van der Waals surface area contributed by atoms with Crippen LogP contribution in [0.15, 0.2) is 24.4 Å². The highest BCUT2D eigenvalue weighted by molar-refractivity contribution is 5.73. The number of nitrogens with two attached hydrogens (primary N) is 2. The lowest BCUT2D eigenvalue weighted by molar-refractivity contribution is 0.998.